The number of ether oxygens (including phenoxy) is 1. The third-order valence-electron chi connectivity index (χ3n) is 1.15. The zero-order valence-electron chi connectivity index (χ0n) is 5.55. The van der Waals surface area contributed by atoms with E-state index in [0.717, 1.165) is 12.8 Å². The average Bonchev–Trinajstić information content (AvgIpc) is 1.83. The van der Waals surface area contributed by atoms with Crippen LogP contribution in [-0.2, 0) is 4.74 Å². The lowest BCUT2D eigenvalue weighted by Gasteiger charge is -2.08. The lowest BCUT2D eigenvalue weighted by Crippen LogP contribution is -2.14. The predicted octanol–water partition coefficient (Wildman–Crippen LogP) is 0.794. The van der Waals surface area contributed by atoms with E-state index < -0.39 is 0 Å². The summed E-state index contributed by atoms with van der Waals surface area (Å²) in [6.45, 7) is 2.21. The molecule has 2 nitrogen and oxygen atoms in total. The second-order valence-corrected chi connectivity index (χ2v) is 1.83. The number of aliphatic hydroxyl groups excluding tert-OH is 1. The van der Waals surface area contributed by atoms with Gasteiger partial charge in [-0.25, -0.2) is 0 Å². The molecule has 1 N–H and O–H groups in total. The predicted molar refractivity (Wildman–Crippen MR) is 32.8 cm³/mol. The van der Waals surface area contributed by atoms with E-state index in [1.807, 2.05) is 0 Å². The monoisotopic (exact) mass is 118 g/mol. The van der Waals surface area contributed by atoms with Crippen molar-refractivity contribution in [2.75, 3.05) is 13.7 Å². The van der Waals surface area contributed by atoms with Crippen LogP contribution in [0.15, 0.2) is 0 Å². The van der Waals surface area contributed by atoms with Crippen LogP contribution in [0.25, 0.3) is 0 Å². The fourth-order valence-corrected chi connectivity index (χ4v) is 0.606. The van der Waals surface area contributed by atoms with Crippen molar-refractivity contribution in [3.8, 4) is 0 Å². The van der Waals surface area contributed by atoms with Gasteiger partial charge in [0.05, 0.1) is 12.7 Å². The third kappa shape index (κ3) is 2.99. The SMILES string of the molecule is CCCC(CO)OC. The van der Waals surface area contributed by atoms with E-state index in [4.69, 9.17) is 9.84 Å². The molecule has 0 aromatic carbocycles. The Hall–Kier alpha value is -0.0800. The van der Waals surface area contributed by atoms with E-state index in [9.17, 15) is 0 Å². The molecule has 50 valence electrons. The highest BCUT2D eigenvalue weighted by atomic mass is 16.5. The molecule has 1 unspecified atom stereocenters. The molecule has 0 bridgehead atoms. The van der Waals surface area contributed by atoms with Crippen molar-refractivity contribution < 1.29 is 9.84 Å². The summed E-state index contributed by atoms with van der Waals surface area (Å²) in [5, 5.41) is 8.53. The summed E-state index contributed by atoms with van der Waals surface area (Å²) in [6, 6.07) is 0. The normalized spacial score (nSPS) is 13.9. The molecule has 0 heterocycles. The van der Waals surface area contributed by atoms with Crippen LogP contribution in [0.3, 0.4) is 0 Å². The first-order valence-electron chi connectivity index (χ1n) is 2.98. The summed E-state index contributed by atoms with van der Waals surface area (Å²) in [4.78, 5) is 0. The minimum atomic E-state index is 0.0556. The van der Waals surface area contributed by atoms with Crippen LogP contribution in [0.2, 0.25) is 0 Å². The van der Waals surface area contributed by atoms with Crippen LogP contribution >= 0.6 is 0 Å². The van der Waals surface area contributed by atoms with Gasteiger partial charge in [-0.3, -0.25) is 0 Å². The second-order valence-electron chi connectivity index (χ2n) is 1.83. The molecule has 0 aliphatic heterocycles. The van der Waals surface area contributed by atoms with E-state index in [0.29, 0.717) is 0 Å². The van der Waals surface area contributed by atoms with Crippen molar-refractivity contribution in [1.29, 1.82) is 0 Å². The molecule has 0 saturated carbocycles. The van der Waals surface area contributed by atoms with Gasteiger partial charge in [0, 0.05) is 7.11 Å². The van der Waals surface area contributed by atoms with Crippen LogP contribution in [0.4, 0.5) is 0 Å². The molecule has 0 aliphatic rings. The van der Waals surface area contributed by atoms with Gasteiger partial charge in [-0.2, -0.15) is 0 Å². The summed E-state index contributed by atoms with van der Waals surface area (Å²) in [7, 11) is 1.62. The third-order valence-corrected chi connectivity index (χ3v) is 1.15. The largest absolute Gasteiger partial charge is 0.394 e. The molecule has 0 aromatic heterocycles. The number of hydrogen-bond acceptors (Lipinski definition) is 2. The van der Waals surface area contributed by atoms with Crippen molar-refractivity contribution in [1.82, 2.24) is 0 Å². The zero-order chi connectivity index (χ0) is 6.41. The average molecular weight is 118 g/mol. The van der Waals surface area contributed by atoms with Gasteiger partial charge in [0.1, 0.15) is 0 Å². The second kappa shape index (κ2) is 5.06. The molecule has 0 radical (unpaired) electrons. The summed E-state index contributed by atoms with van der Waals surface area (Å²) in [5.41, 5.74) is 0. The van der Waals surface area contributed by atoms with Gasteiger partial charge in [-0.15, -0.1) is 0 Å². The Kier molecular flexibility index (Phi) is 5.01. The van der Waals surface area contributed by atoms with Crippen molar-refractivity contribution in [2.45, 2.75) is 25.9 Å². The van der Waals surface area contributed by atoms with Gasteiger partial charge in [-0.05, 0) is 6.42 Å². The number of rotatable bonds is 4. The molecule has 0 saturated heterocycles. The molecule has 2 heteroatoms. The van der Waals surface area contributed by atoms with Gasteiger partial charge in [0.2, 0.25) is 0 Å². The molecule has 0 amide bonds. The van der Waals surface area contributed by atoms with E-state index in [1.165, 1.54) is 0 Å². The Morgan fingerprint density at radius 1 is 1.62 bits per heavy atom. The van der Waals surface area contributed by atoms with Crippen LogP contribution in [-0.4, -0.2) is 24.9 Å². The molecule has 0 aromatic rings. The summed E-state index contributed by atoms with van der Waals surface area (Å²) >= 11 is 0. The van der Waals surface area contributed by atoms with Crippen molar-refractivity contribution in [2.24, 2.45) is 0 Å². The van der Waals surface area contributed by atoms with Gasteiger partial charge < -0.3 is 9.84 Å². The maximum absolute atomic E-state index is 8.53. The minimum Gasteiger partial charge on any atom is -0.394 e. The smallest absolute Gasteiger partial charge is 0.0801 e. The standard InChI is InChI=1S/C6H14O2/c1-3-4-6(5-7)8-2/h6-7H,3-5H2,1-2H3. The zero-order valence-corrected chi connectivity index (χ0v) is 5.55. The highest BCUT2D eigenvalue weighted by Gasteiger charge is 2.00. The first-order valence-corrected chi connectivity index (χ1v) is 2.98. The van der Waals surface area contributed by atoms with Crippen molar-refractivity contribution >= 4 is 0 Å². The van der Waals surface area contributed by atoms with E-state index in [2.05, 4.69) is 6.92 Å². The highest BCUT2D eigenvalue weighted by Crippen LogP contribution is 1.97. The van der Waals surface area contributed by atoms with Crippen LogP contribution in [0.1, 0.15) is 19.8 Å². The maximum atomic E-state index is 8.53. The number of aliphatic hydroxyl groups is 1. The van der Waals surface area contributed by atoms with Gasteiger partial charge >= 0.3 is 0 Å². The Bertz CT molecular complexity index is 41.8. The quantitative estimate of drug-likeness (QED) is 0.591. The van der Waals surface area contributed by atoms with Crippen molar-refractivity contribution in [3.63, 3.8) is 0 Å². The summed E-state index contributed by atoms with van der Waals surface area (Å²) in [5.74, 6) is 0. The topological polar surface area (TPSA) is 29.5 Å². The fourth-order valence-electron chi connectivity index (χ4n) is 0.606. The first kappa shape index (κ1) is 7.92. The van der Waals surface area contributed by atoms with Gasteiger partial charge in [0.25, 0.3) is 0 Å². The molecule has 0 spiro atoms. The highest BCUT2D eigenvalue weighted by molar-refractivity contribution is 4.51. The Balaban J connectivity index is 3.07. The molecular weight excluding hydrogens is 104 g/mol. The molecule has 1 atom stereocenters. The Labute approximate surface area is 50.5 Å². The first-order chi connectivity index (χ1) is 3.85. The van der Waals surface area contributed by atoms with E-state index in [-0.39, 0.29) is 12.7 Å². The molecule has 8 heavy (non-hydrogen) atoms. The molecular formula is C6H14O2. The van der Waals surface area contributed by atoms with Crippen LogP contribution in [0, 0.1) is 0 Å². The lowest BCUT2D eigenvalue weighted by atomic mass is 10.2. The van der Waals surface area contributed by atoms with E-state index >= 15 is 0 Å². The summed E-state index contributed by atoms with van der Waals surface area (Å²) in [6.07, 6.45) is 2.08. The van der Waals surface area contributed by atoms with Crippen LogP contribution in [0.5, 0.6) is 0 Å². The Morgan fingerprint density at radius 2 is 2.25 bits per heavy atom. The summed E-state index contributed by atoms with van der Waals surface area (Å²) < 4.78 is 4.89. The van der Waals surface area contributed by atoms with E-state index in [1.54, 1.807) is 7.11 Å². The Morgan fingerprint density at radius 3 is 2.38 bits per heavy atom. The minimum absolute atomic E-state index is 0.0556. The molecule has 0 aliphatic carbocycles. The number of hydrogen-bond donors (Lipinski definition) is 1. The fraction of sp³-hybridized carbons (Fsp3) is 1.00. The van der Waals surface area contributed by atoms with Crippen LogP contribution < -0.4 is 0 Å². The maximum Gasteiger partial charge on any atom is 0.0801 e. The van der Waals surface area contributed by atoms with Gasteiger partial charge in [0.15, 0.2) is 0 Å². The lowest BCUT2D eigenvalue weighted by molar-refractivity contribution is 0.0428. The molecule has 0 fully saturated rings. The molecule has 0 rings (SSSR count). The van der Waals surface area contributed by atoms with Crippen molar-refractivity contribution in [3.05, 3.63) is 0 Å². The van der Waals surface area contributed by atoms with Gasteiger partial charge in [-0.1, -0.05) is 13.3 Å². The number of methoxy groups -OCH3 is 1.